The van der Waals surface area contributed by atoms with Gasteiger partial charge in [0.2, 0.25) is 0 Å². The van der Waals surface area contributed by atoms with Crippen LogP contribution in [0.3, 0.4) is 0 Å². The van der Waals surface area contributed by atoms with Crippen LogP contribution < -0.4 is 18.9 Å². The highest BCUT2D eigenvalue weighted by molar-refractivity contribution is 7.92. The second kappa shape index (κ2) is 8.46. The fourth-order valence-corrected chi connectivity index (χ4v) is 4.25. The molecule has 1 atom stereocenters. The lowest BCUT2D eigenvalue weighted by Gasteiger charge is -2.16. The molecular weight excluding hydrogens is 404 g/mol. The molecule has 1 saturated heterocycles. The first-order valence-corrected chi connectivity index (χ1v) is 10.6. The van der Waals surface area contributed by atoms with Gasteiger partial charge in [-0.1, -0.05) is 11.6 Å². The monoisotopic (exact) mass is 426 g/mol. The molecule has 0 saturated carbocycles. The van der Waals surface area contributed by atoms with Crippen LogP contribution >= 0.6 is 11.6 Å². The van der Waals surface area contributed by atoms with Crippen LogP contribution in [-0.2, 0) is 10.0 Å². The first kappa shape index (κ1) is 20.6. The Hall–Kier alpha value is -2.16. The van der Waals surface area contributed by atoms with Gasteiger partial charge in [-0.2, -0.15) is 0 Å². The Bertz CT molecular complexity index is 951. The molecule has 152 valence electrons. The number of sulfonamides is 1. The van der Waals surface area contributed by atoms with Gasteiger partial charge in [0.1, 0.15) is 11.9 Å². The summed E-state index contributed by atoms with van der Waals surface area (Å²) in [5, 5.41) is 0.434. The van der Waals surface area contributed by atoms with Gasteiger partial charge in [-0.15, -0.1) is 0 Å². The lowest BCUT2D eigenvalue weighted by Crippen LogP contribution is -2.21. The van der Waals surface area contributed by atoms with Crippen molar-refractivity contribution in [3.8, 4) is 17.2 Å². The Morgan fingerprint density at radius 3 is 2.46 bits per heavy atom. The fourth-order valence-electron chi connectivity index (χ4n) is 3.03. The van der Waals surface area contributed by atoms with Crippen LogP contribution in [0.5, 0.6) is 17.2 Å². The molecule has 1 aliphatic rings. The molecule has 0 amide bonds. The van der Waals surface area contributed by atoms with Crippen molar-refractivity contribution >= 4 is 27.3 Å². The summed E-state index contributed by atoms with van der Waals surface area (Å²) in [6.07, 6.45) is 0.925. The van der Waals surface area contributed by atoms with Crippen molar-refractivity contribution in [1.29, 1.82) is 0 Å². The number of halogens is 1. The number of likely N-dealkylation sites (N-methyl/N-ethyl adjacent to an activating group) is 1. The summed E-state index contributed by atoms with van der Waals surface area (Å²) in [5.41, 5.74) is 0.362. The molecule has 0 aliphatic carbocycles. The highest BCUT2D eigenvalue weighted by Crippen LogP contribution is 2.33. The normalized spacial score (nSPS) is 17.4. The summed E-state index contributed by atoms with van der Waals surface area (Å²) in [7, 11) is 1.13. The van der Waals surface area contributed by atoms with Crippen molar-refractivity contribution in [2.75, 3.05) is 39.1 Å². The van der Waals surface area contributed by atoms with E-state index in [1.165, 1.54) is 26.4 Å². The smallest absolute Gasteiger partial charge is 0.262 e. The van der Waals surface area contributed by atoms with Gasteiger partial charge in [0.25, 0.3) is 10.0 Å². The first-order valence-electron chi connectivity index (χ1n) is 8.72. The van der Waals surface area contributed by atoms with Crippen molar-refractivity contribution in [3.05, 3.63) is 41.4 Å². The standard InChI is InChI=1S/C19H23ClN2O5S/c1-22-9-8-14(12-22)27-18-10-13(4-6-16(18)20)21-28(23,24)15-5-7-17(25-2)19(11-15)26-3/h4-7,10-11,14,21H,8-9,12H2,1-3H3/t14-/m1/s1. The lowest BCUT2D eigenvalue weighted by molar-refractivity contribution is 0.208. The number of nitrogens with zero attached hydrogens (tertiary/aromatic N) is 1. The zero-order valence-corrected chi connectivity index (χ0v) is 17.5. The van der Waals surface area contributed by atoms with Crippen LogP contribution in [0.4, 0.5) is 5.69 Å². The van der Waals surface area contributed by atoms with E-state index in [1.54, 1.807) is 24.3 Å². The number of methoxy groups -OCH3 is 2. The largest absolute Gasteiger partial charge is 0.493 e. The number of benzene rings is 2. The minimum atomic E-state index is -3.83. The summed E-state index contributed by atoms with van der Waals surface area (Å²) in [4.78, 5) is 2.22. The molecule has 2 aromatic rings. The van der Waals surface area contributed by atoms with Crippen LogP contribution in [0.15, 0.2) is 41.3 Å². The lowest BCUT2D eigenvalue weighted by atomic mass is 10.3. The molecule has 0 radical (unpaired) electrons. The zero-order chi connectivity index (χ0) is 20.3. The number of likely N-dealkylation sites (tertiary alicyclic amines) is 1. The van der Waals surface area contributed by atoms with Crippen LogP contribution in [0, 0.1) is 0 Å². The molecule has 0 unspecified atom stereocenters. The molecule has 28 heavy (non-hydrogen) atoms. The van der Waals surface area contributed by atoms with Crippen LogP contribution in [0.2, 0.25) is 5.02 Å². The van der Waals surface area contributed by atoms with Crippen molar-refractivity contribution in [2.24, 2.45) is 0 Å². The third-order valence-electron chi connectivity index (χ3n) is 4.49. The number of anilines is 1. The van der Waals surface area contributed by atoms with Crippen LogP contribution in [-0.4, -0.2) is 53.8 Å². The molecule has 0 bridgehead atoms. The second-order valence-corrected chi connectivity index (χ2v) is 8.65. The third-order valence-corrected chi connectivity index (χ3v) is 6.18. The maximum Gasteiger partial charge on any atom is 0.262 e. The average molecular weight is 427 g/mol. The number of nitrogens with one attached hydrogen (secondary N) is 1. The van der Waals surface area contributed by atoms with Crippen LogP contribution in [0.25, 0.3) is 0 Å². The molecule has 3 rings (SSSR count). The van der Waals surface area contributed by atoms with E-state index in [-0.39, 0.29) is 11.0 Å². The van der Waals surface area contributed by atoms with Gasteiger partial charge in [-0.25, -0.2) is 8.42 Å². The maximum absolute atomic E-state index is 12.8. The van der Waals surface area contributed by atoms with Gasteiger partial charge < -0.3 is 19.1 Å². The van der Waals surface area contributed by atoms with Gasteiger partial charge in [-0.05, 0) is 37.7 Å². The van der Waals surface area contributed by atoms with E-state index >= 15 is 0 Å². The summed E-state index contributed by atoms with van der Waals surface area (Å²) in [6, 6.07) is 9.20. The molecule has 0 aromatic heterocycles. The van der Waals surface area contributed by atoms with E-state index < -0.39 is 10.0 Å². The number of rotatable bonds is 7. The Balaban J connectivity index is 1.81. The van der Waals surface area contributed by atoms with Crippen molar-refractivity contribution < 1.29 is 22.6 Å². The number of hydrogen-bond acceptors (Lipinski definition) is 6. The molecular formula is C19H23ClN2O5S. The minimum absolute atomic E-state index is 0.0280. The third kappa shape index (κ3) is 4.63. The number of ether oxygens (including phenoxy) is 3. The van der Waals surface area contributed by atoms with E-state index in [2.05, 4.69) is 9.62 Å². The van der Waals surface area contributed by atoms with Gasteiger partial charge in [0.05, 0.1) is 29.8 Å². The quantitative estimate of drug-likeness (QED) is 0.732. The van der Waals surface area contributed by atoms with E-state index in [0.717, 1.165) is 19.5 Å². The second-order valence-electron chi connectivity index (χ2n) is 6.56. The Morgan fingerprint density at radius 1 is 1.07 bits per heavy atom. The van der Waals surface area contributed by atoms with Crippen LogP contribution in [0.1, 0.15) is 6.42 Å². The number of hydrogen-bond donors (Lipinski definition) is 1. The van der Waals surface area contributed by atoms with Gasteiger partial charge in [0.15, 0.2) is 11.5 Å². The molecule has 1 N–H and O–H groups in total. The molecule has 0 spiro atoms. The van der Waals surface area contributed by atoms with Crippen molar-refractivity contribution in [1.82, 2.24) is 4.90 Å². The van der Waals surface area contributed by atoms with E-state index in [9.17, 15) is 8.42 Å². The molecule has 7 nitrogen and oxygen atoms in total. The predicted octanol–water partition coefficient (Wildman–Crippen LogP) is 3.24. The first-order chi connectivity index (χ1) is 13.3. The van der Waals surface area contributed by atoms with Crippen molar-refractivity contribution in [2.45, 2.75) is 17.4 Å². The van der Waals surface area contributed by atoms with Gasteiger partial charge in [-0.3, -0.25) is 4.72 Å². The van der Waals surface area contributed by atoms with E-state index in [1.807, 2.05) is 7.05 Å². The Morgan fingerprint density at radius 2 is 1.82 bits per heavy atom. The molecule has 9 heteroatoms. The maximum atomic E-state index is 12.8. The fraction of sp³-hybridized carbons (Fsp3) is 0.368. The average Bonchev–Trinajstić information content (AvgIpc) is 3.08. The van der Waals surface area contributed by atoms with E-state index in [4.69, 9.17) is 25.8 Å². The van der Waals surface area contributed by atoms with Gasteiger partial charge >= 0.3 is 0 Å². The molecule has 1 aliphatic heterocycles. The SMILES string of the molecule is COc1ccc(S(=O)(=O)Nc2ccc(Cl)c(O[C@@H]3CCN(C)C3)c2)cc1OC. The highest BCUT2D eigenvalue weighted by atomic mass is 35.5. The Labute approximate surface area is 170 Å². The highest BCUT2D eigenvalue weighted by Gasteiger charge is 2.23. The van der Waals surface area contributed by atoms with E-state index in [0.29, 0.717) is 28.0 Å². The summed E-state index contributed by atoms with van der Waals surface area (Å²) >= 11 is 6.23. The topological polar surface area (TPSA) is 77.1 Å². The van der Waals surface area contributed by atoms with Gasteiger partial charge in [0, 0.05) is 25.2 Å². The summed E-state index contributed by atoms with van der Waals surface area (Å²) < 4.78 is 44.4. The van der Waals surface area contributed by atoms with Crippen molar-refractivity contribution in [3.63, 3.8) is 0 Å². The summed E-state index contributed by atoms with van der Waals surface area (Å²) in [6.45, 7) is 1.76. The zero-order valence-electron chi connectivity index (χ0n) is 15.9. The molecule has 1 heterocycles. The molecule has 1 fully saturated rings. The minimum Gasteiger partial charge on any atom is -0.493 e. The summed E-state index contributed by atoms with van der Waals surface area (Å²) in [5.74, 6) is 1.23. The predicted molar refractivity (Wildman–Crippen MR) is 108 cm³/mol. The Kier molecular flexibility index (Phi) is 6.22. The molecule has 2 aromatic carbocycles.